The highest BCUT2D eigenvalue weighted by atomic mass is 15.1. The molecule has 0 aromatic carbocycles. The maximum absolute atomic E-state index is 5.86. The Balaban J connectivity index is 1.99. The molecule has 1 aliphatic rings. The molecule has 0 saturated heterocycles. The molecule has 0 spiro atoms. The summed E-state index contributed by atoms with van der Waals surface area (Å²) in [6.45, 7) is 2.28. The molecule has 4 heteroatoms. The van der Waals surface area contributed by atoms with Gasteiger partial charge in [0, 0.05) is 12.2 Å². The summed E-state index contributed by atoms with van der Waals surface area (Å²) in [6.07, 6.45) is 8.81. The second-order valence-corrected chi connectivity index (χ2v) is 4.96. The van der Waals surface area contributed by atoms with Crippen molar-refractivity contribution >= 4 is 16.9 Å². The lowest BCUT2D eigenvalue weighted by molar-refractivity contribution is 0.475. The van der Waals surface area contributed by atoms with Crippen LogP contribution in [0.2, 0.25) is 0 Å². The van der Waals surface area contributed by atoms with Crippen LogP contribution in [0, 0.1) is 5.92 Å². The van der Waals surface area contributed by atoms with E-state index in [4.69, 9.17) is 5.73 Å². The second-order valence-electron chi connectivity index (χ2n) is 4.96. The molecule has 2 aromatic heterocycles. The molecule has 1 fully saturated rings. The Morgan fingerprint density at radius 3 is 3.06 bits per heavy atom. The predicted molar refractivity (Wildman–Crippen MR) is 68.6 cm³/mol. The number of nitrogen functional groups attached to an aromatic ring is 1. The van der Waals surface area contributed by atoms with Crippen LogP contribution in [0.1, 0.15) is 38.6 Å². The van der Waals surface area contributed by atoms with Gasteiger partial charge in [-0.1, -0.05) is 13.3 Å². The highest BCUT2D eigenvalue weighted by Gasteiger charge is 2.25. The van der Waals surface area contributed by atoms with Crippen LogP contribution in [0.4, 0.5) is 5.82 Å². The average molecular weight is 230 g/mol. The molecule has 2 unspecified atom stereocenters. The number of nitrogens with two attached hydrogens (primary N) is 1. The summed E-state index contributed by atoms with van der Waals surface area (Å²) in [5.41, 5.74) is 6.84. The van der Waals surface area contributed by atoms with E-state index < -0.39 is 0 Å². The predicted octanol–water partition coefficient (Wildman–Crippen LogP) is 2.76. The monoisotopic (exact) mass is 230 g/mol. The van der Waals surface area contributed by atoms with Crippen LogP contribution in [0.5, 0.6) is 0 Å². The van der Waals surface area contributed by atoms with E-state index in [9.17, 15) is 0 Å². The first-order valence-corrected chi connectivity index (χ1v) is 6.36. The van der Waals surface area contributed by atoms with Gasteiger partial charge in [-0.3, -0.25) is 0 Å². The SMILES string of the molecule is CCC1CCC(n2ccc3c(N)ncnc32)C1. The fraction of sp³-hybridized carbons (Fsp3) is 0.538. The molecule has 1 saturated carbocycles. The van der Waals surface area contributed by atoms with Gasteiger partial charge in [-0.05, 0) is 31.2 Å². The number of anilines is 1. The normalized spacial score (nSPS) is 24.5. The minimum atomic E-state index is 0.582. The average Bonchev–Trinajstić information content (AvgIpc) is 2.94. The van der Waals surface area contributed by atoms with E-state index in [1.165, 1.54) is 25.7 Å². The van der Waals surface area contributed by atoms with Crippen LogP contribution in [0.15, 0.2) is 18.6 Å². The number of rotatable bonds is 2. The van der Waals surface area contributed by atoms with Crippen molar-refractivity contribution in [3.63, 3.8) is 0 Å². The Hall–Kier alpha value is -1.58. The van der Waals surface area contributed by atoms with Crippen LogP contribution in [0.3, 0.4) is 0 Å². The van der Waals surface area contributed by atoms with E-state index in [2.05, 4.69) is 27.7 Å². The van der Waals surface area contributed by atoms with Gasteiger partial charge in [-0.25, -0.2) is 9.97 Å². The Morgan fingerprint density at radius 1 is 1.41 bits per heavy atom. The van der Waals surface area contributed by atoms with Crippen molar-refractivity contribution in [3.05, 3.63) is 18.6 Å². The first-order valence-electron chi connectivity index (χ1n) is 6.36. The van der Waals surface area contributed by atoms with Crippen LogP contribution in [0.25, 0.3) is 11.0 Å². The third kappa shape index (κ3) is 1.68. The highest BCUT2D eigenvalue weighted by molar-refractivity contribution is 5.86. The smallest absolute Gasteiger partial charge is 0.145 e. The molecule has 1 aliphatic carbocycles. The number of aromatic nitrogens is 3. The van der Waals surface area contributed by atoms with Crippen LogP contribution < -0.4 is 5.73 Å². The van der Waals surface area contributed by atoms with Crippen LogP contribution >= 0.6 is 0 Å². The Kier molecular flexibility index (Phi) is 2.50. The molecule has 0 bridgehead atoms. The summed E-state index contributed by atoms with van der Waals surface area (Å²) >= 11 is 0. The van der Waals surface area contributed by atoms with Crippen LogP contribution in [-0.4, -0.2) is 14.5 Å². The summed E-state index contributed by atoms with van der Waals surface area (Å²) in [6, 6.07) is 2.62. The topological polar surface area (TPSA) is 56.7 Å². The van der Waals surface area contributed by atoms with Gasteiger partial charge in [0.25, 0.3) is 0 Å². The van der Waals surface area contributed by atoms with Gasteiger partial charge in [0.05, 0.1) is 5.39 Å². The fourth-order valence-electron chi connectivity index (χ4n) is 2.96. The Bertz CT molecular complexity index is 531. The maximum atomic E-state index is 5.86. The van der Waals surface area contributed by atoms with Crippen molar-refractivity contribution in [2.75, 3.05) is 5.73 Å². The van der Waals surface area contributed by atoms with Crippen molar-refractivity contribution in [2.24, 2.45) is 5.92 Å². The molecule has 0 amide bonds. The molecule has 17 heavy (non-hydrogen) atoms. The molecular weight excluding hydrogens is 212 g/mol. The number of hydrogen-bond acceptors (Lipinski definition) is 3. The molecule has 2 atom stereocenters. The van der Waals surface area contributed by atoms with E-state index in [1.807, 2.05) is 6.07 Å². The summed E-state index contributed by atoms with van der Waals surface area (Å²) < 4.78 is 2.28. The van der Waals surface area contributed by atoms with Gasteiger partial charge >= 0.3 is 0 Å². The molecule has 2 heterocycles. The molecule has 0 aliphatic heterocycles. The minimum absolute atomic E-state index is 0.582. The first-order chi connectivity index (χ1) is 8.29. The van der Waals surface area contributed by atoms with Crippen molar-refractivity contribution in [3.8, 4) is 0 Å². The molecule has 4 nitrogen and oxygen atoms in total. The fourth-order valence-corrected chi connectivity index (χ4v) is 2.96. The number of fused-ring (bicyclic) bond motifs is 1. The molecular formula is C13H18N4. The molecule has 2 N–H and O–H groups in total. The lowest BCUT2D eigenvalue weighted by atomic mass is 10.1. The third-order valence-corrected chi connectivity index (χ3v) is 4.02. The Morgan fingerprint density at radius 2 is 2.29 bits per heavy atom. The summed E-state index contributed by atoms with van der Waals surface area (Å²) in [4.78, 5) is 8.40. The van der Waals surface area contributed by atoms with E-state index in [-0.39, 0.29) is 0 Å². The standard InChI is InChI=1S/C13H18N4/c1-2-9-3-4-10(7-9)17-6-5-11-12(14)15-8-16-13(11)17/h5-6,8-10H,2-4,7H2,1H3,(H2,14,15,16). The zero-order valence-electron chi connectivity index (χ0n) is 10.1. The van der Waals surface area contributed by atoms with E-state index in [0.717, 1.165) is 17.0 Å². The van der Waals surface area contributed by atoms with Gasteiger partial charge in [0.1, 0.15) is 17.8 Å². The quantitative estimate of drug-likeness (QED) is 0.863. The van der Waals surface area contributed by atoms with Gasteiger partial charge in [0.2, 0.25) is 0 Å². The molecule has 2 aromatic rings. The van der Waals surface area contributed by atoms with Crippen molar-refractivity contribution in [1.82, 2.24) is 14.5 Å². The largest absolute Gasteiger partial charge is 0.383 e. The third-order valence-electron chi connectivity index (χ3n) is 4.02. The van der Waals surface area contributed by atoms with E-state index >= 15 is 0 Å². The Labute approximate surface area is 101 Å². The van der Waals surface area contributed by atoms with Gasteiger partial charge in [0.15, 0.2) is 0 Å². The molecule has 3 rings (SSSR count). The van der Waals surface area contributed by atoms with E-state index in [0.29, 0.717) is 11.9 Å². The number of nitrogens with zero attached hydrogens (tertiary/aromatic N) is 3. The van der Waals surface area contributed by atoms with Crippen molar-refractivity contribution in [2.45, 2.75) is 38.6 Å². The number of hydrogen-bond donors (Lipinski definition) is 1. The van der Waals surface area contributed by atoms with E-state index in [1.54, 1.807) is 6.33 Å². The summed E-state index contributed by atoms with van der Waals surface area (Å²) in [7, 11) is 0. The minimum Gasteiger partial charge on any atom is -0.383 e. The van der Waals surface area contributed by atoms with Crippen molar-refractivity contribution in [1.29, 1.82) is 0 Å². The zero-order chi connectivity index (χ0) is 11.8. The van der Waals surface area contributed by atoms with Crippen LogP contribution in [-0.2, 0) is 0 Å². The lowest BCUT2D eigenvalue weighted by Gasteiger charge is -2.13. The molecule has 0 radical (unpaired) electrons. The maximum Gasteiger partial charge on any atom is 0.145 e. The second kappa shape index (κ2) is 4.02. The van der Waals surface area contributed by atoms with Gasteiger partial charge < -0.3 is 10.3 Å². The summed E-state index contributed by atoms with van der Waals surface area (Å²) in [5.74, 6) is 1.45. The van der Waals surface area contributed by atoms with Gasteiger partial charge in [-0.15, -0.1) is 0 Å². The first kappa shape index (κ1) is 10.6. The molecule has 90 valence electrons. The summed E-state index contributed by atoms with van der Waals surface area (Å²) in [5, 5.41) is 0.979. The van der Waals surface area contributed by atoms with Crippen molar-refractivity contribution < 1.29 is 0 Å². The zero-order valence-corrected chi connectivity index (χ0v) is 10.1. The lowest BCUT2D eigenvalue weighted by Crippen LogP contribution is -2.05. The highest BCUT2D eigenvalue weighted by Crippen LogP contribution is 2.38. The van der Waals surface area contributed by atoms with Gasteiger partial charge in [-0.2, -0.15) is 0 Å².